The van der Waals surface area contributed by atoms with Gasteiger partial charge in [0, 0.05) is 6.54 Å². The van der Waals surface area contributed by atoms with E-state index in [1.165, 1.54) is 10.8 Å². The minimum atomic E-state index is -0.586. The Morgan fingerprint density at radius 3 is 2.85 bits per heavy atom. The van der Waals surface area contributed by atoms with Gasteiger partial charge in [0.2, 0.25) is 11.1 Å². The normalized spacial score (nSPS) is 10.3. The summed E-state index contributed by atoms with van der Waals surface area (Å²) < 4.78 is 7.00. The molecule has 0 bridgehead atoms. The molecule has 0 atom stereocenters. The Morgan fingerprint density at radius 2 is 2.15 bits per heavy atom. The molecular formula is C17H22N6O3S. The van der Waals surface area contributed by atoms with Gasteiger partial charge in [0.05, 0.1) is 5.75 Å². The monoisotopic (exact) mass is 390 g/mol. The number of nitrogens with two attached hydrogens (primary N) is 1. The molecule has 0 aliphatic heterocycles. The summed E-state index contributed by atoms with van der Waals surface area (Å²) in [6, 6.07) is 5.28. The molecule has 1 aromatic heterocycles. The van der Waals surface area contributed by atoms with E-state index in [1.807, 2.05) is 32.0 Å². The second-order valence-electron chi connectivity index (χ2n) is 5.66. The highest BCUT2D eigenvalue weighted by molar-refractivity contribution is 7.99. The molecule has 0 radical (unpaired) electrons. The lowest BCUT2D eigenvalue weighted by molar-refractivity contribution is -0.117. The zero-order chi connectivity index (χ0) is 19.8. The maximum Gasteiger partial charge on any atom is 0.321 e. The van der Waals surface area contributed by atoms with Crippen molar-refractivity contribution < 1.29 is 14.3 Å². The van der Waals surface area contributed by atoms with Crippen LogP contribution in [0.3, 0.4) is 0 Å². The number of aryl methyl sites for hydroxylation is 2. The fourth-order valence-electron chi connectivity index (χ4n) is 2.11. The number of ether oxygens (including phenoxy) is 1. The molecule has 1 aromatic carbocycles. The molecule has 0 fully saturated rings. The van der Waals surface area contributed by atoms with Gasteiger partial charge < -0.3 is 15.9 Å². The molecule has 0 saturated carbocycles. The third kappa shape index (κ3) is 6.03. The summed E-state index contributed by atoms with van der Waals surface area (Å²) in [4.78, 5) is 23.1. The van der Waals surface area contributed by atoms with E-state index in [-0.39, 0.29) is 18.9 Å². The fraction of sp³-hybridized carbons (Fsp3) is 0.294. The first-order valence-corrected chi connectivity index (χ1v) is 9.10. The number of hydrogen-bond donors (Lipinski definition) is 3. The second-order valence-corrected chi connectivity index (χ2v) is 6.60. The summed E-state index contributed by atoms with van der Waals surface area (Å²) >= 11 is 1.07. The van der Waals surface area contributed by atoms with E-state index in [0.29, 0.717) is 11.0 Å². The number of thioether (sulfide) groups is 1. The Morgan fingerprint density at radius 1 is 1.37 bits per heavy atom. The number of nitrogens with zero attached hydrogens (tertiary/aromatic N) is 3. The lowest BCUT2D eigenvalue weighted by Crippen LogP contribution is -2.40. The van der Waals surface area contributed by atoms with E-state index >= 15 is 0 Å². The Labute approximate surface area is 161 Å². The molecule has 0 aliphatic carbocycles. The van der Waals surface area contributed by atoms with Crippen LogP contribution in [0.1, 0.15) is 17.0 Å². The molecule has 3 amide bonds. The van der Waals surface area contributed by atoms with Gasteiger partial charge in [-0.1, -0.05) is 35.5 Å². The van der Waals surface area contributed by atoms with Crippen molar-refractivity contribution in [3.8, 4) is 5.75 Å². The highest BCUT2D eigenvalue weighted by atomic mass is 32.2. The number of hydrogen-bond acceptors (Lipinski definition) is 7. The largest absolute Gasteiger partial charge is 0.485 e. The first-order valence-electron chi connectivity index (χ1n) is 8.11. The topological polar surface area (TPSA) is 124 Å². The first-order chi connectivity index (χ1) is 12.9. The summed E-state index contributed by atoms with van der Waals surface area (Å²) in [6.07, 6.45) is 1.51. The fourth-order valence-corrected chi connectivity index (χ4v) is 2.78. The molecular weight excluding hydrogens is 368 g/mol. The summed E-state index contributed by atoms with van der Waals surface area (Å²) in [6.45, 7) is 7.85. The molecule has 0 unspecified atom stereocenters. The quantitative estimate of drug-likeness (QED) is 0.352. The number of aromatic nitrogens is 3. The summed E-state index contributed by atoms with van der Waals surface area (Å²) in [7, 11) is 0. The van der Waals surface area contributed by atoms with Crippen molar-refractivity contribution in [3.63, 3.8) is 0 Å². The maximum atomic E-state index is 11.7. The molecule has 10 heteroatoms. The minimum Gasteiger partial charge on any atom is -0.485 e. The number of nitrogen functional groups attached to an aromatic ring is 1. The van der Waals surface area contributed by atoms with E-state index < -0.39 is 11.9 Å². The Kier molecular flexibility index (Phi) is 7.24. The number of rotatable bonds is 8. The summed E-state index contributed by atoms with van der Waals surface area (Å²) in [5.74, 6) is 6.60. The van der Waals surface area contributed by atoms with Crippen LogP contribution in [0.4, 0.5) is 4.79 Å². The lowest BCUT2D eigenvalue weighted by Gasteiger charge is -2.09. The van der Waals surface area contributed by atoms with Gasteiger partial charge >= 0.3 is 6.03 Å². The van der Waals surface area contributed by atoms with Crippen molar-refractivity contribution in [1.82, 2.24) is 25.5 Å². The van der Waals surface area contributed by atoms with Gasteiger partial charge in [-0.05, 0) is 25.5 Å². The van der Waals surface area contributed by atoms with Crippen LogP contribution in [-0.4, -0.2) is 39.1 Å². The van der Waals surface area contributed by atoms with Crippen molar-refractivity contribution >= 4 is 23.7 Å². The average molecular weight is 390 g/mol. The van der Waals surface area contributed by atoms with Crippen LogP contribution in [-0.2, 0) is 11.4 Å². The lowest BCUT2D eigenvalue weighted by atomic mass is 10.1. The highest BCUT2D eigenvalue weighted by Crippen LogP contribution is 2.20. The molecule has 0 saturated heterocycles. The van der Waals surface area contributed by atoms with E-state index in [2.05, 4.69) is 27.4 Å². The highest BCUT2D eigenvalue weighted by Gasteiger charge is 2.14. The third-order valence-electron chi connectivity index (χ3n) is 3.41. The number of carbonyl (C=O) groups excluding carboxylic acids is 2. The van der Waals surface area contributed by atoms with Crippen molar-refractivity contribution in [2.75, 3.05) is 18.1 Å². The zero-order valence-electron chi connectivity index (χ0n) is 15.2. The predicted octanol–water partition coefficient (Wildman–Crippen LogP) is 1.29. The van der Waals surface area contributed by atoms with Gasteiger partial charge in [-0.2, -0.15) is 0 Å². The van der Waals surface area contributed by atoms with Crippen molar-refractivity contribution in [2.24, 2.45) is 0 Å². The zero-order valence-corrected chi connectivity index (χ0v) is 16.0. The smallest absolute Gasteiger partial charge is 0.321 e. The van der Waals surface area contributed by atoms with E-state index in [4.69, 9.17) is 10.6 Å². The Balaban J connectivity index is 1.86. The number of nitrogens with one attached hydrogen (secondary N) is 2. The molecule has 4 N–H and O–H groups in total. The van der Waals surface area contributed by atoms with Crippen LogP contribution in [0.2, 0.25) is 0 Å². The standard InChI is InChI=1S/C17H22N6O3S/c1-4-7-19-16(25)20-15(24)10-27-17-22-21-14(23(17)18)9-26-13-6-5-11(2)8-12(13)3/h4-6,8H,1,7,9-10,18H2,2-3H3,(H2,19,20,24,25). The Bertz CT molecular complexity index is 836. The SMILES string of the molecule is C=CCNC(=O)NC(=O)CSc1nnc(COc2ccc(C)cc2C)n1N. The Hall–Kier alpha value is -3.01. The van der Waals surface area contributed by atoms with Crippen LogP contribution < -0.4 is 21.2 Å². The number of urea groups is 1. The van der Waals surface area contributed by atoms with Gasteiger partial charge in [-0.25, -0.2) is 9.47 Å². The second kappa shape index (κ2) is 9.62. The third-order valence-corrected chi connectivity index (χ3v) is 4.36. The van der Waals surface area contributed by atoms with E-state index in [0.717, 1.165) is 28.6 Å². The maximum absolute atomic E-state index is 11.7. The van der Waals surface area contributed by atoms with Gasteiger partial charge in [0.15, 0.2) is 5.82 Å². The van der Waals surface area contributed by atoms with Crippen LogP contribution in [0.25, 0.3) is 0 Å². The number of imide groups is 1. The van der Waals surface area contributed by atoms with Crippen LogP contribution in [0.15, 0.2) is 36.0 Å². The van der Waals surface area contributed by atoms with Crippen LogP contribution in [0, 0.1) is 13.8 Å². The van der Waals surface area contributed by atoms with Crippen molar-refractivity contribution in [1.29, 1.82) is 0 Å². The summed E-state index contributed by atoms with van der Waals surface area (Å²) in [5, 5.41) is 12.9. The molecule has 9 nitrogen and oxygen atoms in total. The molecule has 0 aliphatic rings. The van der Waals surface area contributed by atoms with Gasteiger partial charge in [-0.3, -0.25) is 10.1 Å². The first kappa shape index (κ1) is 20.3. The molecule has 2 aromatic rings. The number of carbonyl (C=O) groups is 2. The molecule has 27 heavy (non-hydrogen) atoms. The molecule has 2 rings (SSSR count). The minimum absolute atomic E-state index is 0.0330. The molecule has 144 valence electrons. The van der Waals surface area contributed by atoms with Crippen molar-refractivity contribution in [3.05, 3.63) is 47.8 Å². The molecule has 0 spiro atoms. The van der Waals surface area contributed by atoms with Gasteiger partial charge in [-0.15, -0.1) is 16.8 Å². The van der Waals surface area contributed by atoms with Crippen molar-refractivity contribution in [2.45, 2.75) is 25.6 Å². The number of amides is 3. The van der Waals surface area contributed by atoms with Crippen LogP contribution in [0.5, 0.6) is 5.75 Å². The van der Waals surface area contributed by atoms with Gasteiger partial charge in [0.25, 0.3) is 0 Å². The van der Waals surface area contributed by atoms with E-state index in [1.54, 1.807) is 0 Å². The average Bonchev–Trinajstić information content (AvgIpc) is 2.97. The molecule has 1 heterocycles. The van der Waals surface area contributed by atoms with E-state index in [9.17, 15) is 9.59 Å². The summed E-state index contributed by atoms with van der Waals surface area (Å²) in [5.41, 5.74) is 2.16. The predicted molar refractivity (Wildman–Crippen MR) is 103 cm³/mol. The van der Waals surface area contributed by atoms with Crippen LogP contribution >= 0.6 is 11.8 Å². The van der Waals surface area contributed by atoms with Gasteiger partial charge in [0.1, 0.15) is 12.4 Å². The number of benzene rings is 1.